The molecule has 0 unspecified atom stereocenters. The van der Waals surface area contributed by atoms with Gasteiger partial charge in [0.05, 0.1) is 0 Å². The molecule has 0 spiro atoms. The van der Waals surface area contributed by atoms with Gasteiger partial charge < -0.3 is 15.4 Å². The Bertz CT molecular complexity index is 919. The van der Waals surface area contributed by atoms with Gasteiger partial charge in [0.25, 0.3) is 0 Å². The van der Waals surface area contributed by atoms with E-state index in [2.05, 4.69) is 80.3 Å². The van der Waals surface area contributed by atoms with Crippen molar-refractivity contribution < 1.29 is 9.53 Å². The number of rotatable bonds is 10. The van der Waals surface area contributed by atoms with Crippen LogP contribution in [0.1, 0.15) is 44.7 Å². The lowest BCUT2D eigenvalue weighted by atomic mass is 10.2. The van der Waals surface area contributed by atoms with E-state index in [4.69, 9.17) is 10.5 Å². The fourth-order valence-corrected chi connectivity index (χ4v) is 5.05. The van der Waals surface area contributed by atoms with Gasteiger partial charge in [-0.15, -0.1) is 0 Å². The van der Waals surface area contributed by atoms with Crippen molar-refractivity contribution in [3.05, 3.63) is 71.8 Å². The number of carbonyl (C=O) groups is 1. The second-order valence-corrected chi connectivity index (χ2v) is 11.7. The molecule has 2 aromatic rings. The van der Waals surface area contributed by atoms with Crippen molar-refractivity contribution in [2.45, 2.75) is 52.3 Å². The van der Waals surface area contributed by atoms with E-state index in [0.717, 1.165) is 91.5 Å². The Morgan fingerprint density at radius 1 is 0.692 bits per heavy atom. The number of nitrogens with two attached hydrogens (primary N) is 1. The van der Waals surface area contributed by atoms with Crippen molar-refractivity contribution in [1.82, 2.24) is 19.6 Å². The van der Waals surface area contributed by atoms with Gasteiger partial charge in [-0.3, -0.25) is 19.5 Å². The quantitative estimate of drug-likeness (QED) is 0.464. The third-order valence-electron chi connectivity index (χ3n) is 7.15. The molecule has 39 heavy (non-hydrogen) atoms. The Kier molecular flexibility index (Phi) is 13.4. The number of benzene rings is 2. The Morgan fingerprint density at radius 3 is 1.51 bits per heavy atom. The molecule has 0 aromatic heterocycles. The summed E-state index contributed by atoms with van der Waals surface area (Å²) in [5.74, 6) is -0.0831. The molecule has 4 rings (SSSR count). The van der Waals surface area contributed by atoms with Crippen LogP contribution in [0.25, 0.3) is 0 Å². The van der Waals surface area contributed by atoms with Crippen molar-refractivity contribution >= 4 is 5.97 Å². The van der Waals surface area contributed by atoms with Crippen LogP contribution >= 0.6 is 0 Å². The van der Waals surface area contributed by atoms with Crippen LogP contribution in [0.2, 0.25) is 0 Å². The van der Waals surface area contributed by atoms with E-state index in [1.165, 1.54) is 11.1 Å². The minimum atomic E-state index is -0.375. The number of carbonyl (C=O) groups excluding carboxylic acids is 1. The largest absolute Gasteiger partial charge is 0.460 e. The minimum absolute atomic E-state index is 0.0831. The van der Waals surface area contributed by atoms with Gasteiger partial charge in [-0.05, 0) is 44.9 Å². The first-order chi connectivity index (χ1) is 18.8. The molecule has 2 heterocycles. The Morgan fingerprint density at radius 2 is 1.10 bits per heavy atom. The van der Waals surface area contributed by atoms with Gasteiger partial charge in [-0.1, -0.05) is 60.7 Å². The van der Waals surface area contributed by atoms with Gasteiger partial charge in [0.1, 0.15) is 5.60 Å². The zero-order chi connectivity index (χ0) is 27.9. The van der Waals surface area contributed by atoms with Crippen LogP contribution in [0.15, 0.2) is 60.7 Å². The summed E-state index contributed by atoms with van der Waals surface area (Å²) in [4.78, 5) is 21.6. The lowest BCUT2D eigenvalue weighted by Gasteiger charge is -2.34. The smallest absolute Gasteiger partial charge is 0.306 e. The predicted octanol–water partition coefficient (Wildman–Crippen LogP) is 3.69. The molecule has 0 atom stereocenters. The standard InChI is InChI=1S/C19H30N2O2.C13H21N3/c1-19(2,3)23-18(22)10-7-11-20-12-14-21(15-13-20)16-17-8-5-4-6-9-17;14-6-7-15-8-10-16(11-9-15)12-13-4-2-1-3-5-13/h4-6,8-9H,7,10-16H2,1-3H3;1-5H,6-12,14H2. The SMILES string of the molecule is CC(C)(C)OC(=O)CCCN1CCN(Cc2ccccc2)CC1.NCCN1CCN(Cc2ccccc2)CC1. The van der Waals surface area contributed by atoms with Gasteiger partial charge in [-0.25, -0.2) is 0 Å². The molecule has 2 saturated heterocycles. The van der Waals surface area contributed by atoms with Gasteiger partial charge in [0.15, 0.2) is 0 Å². The summed E-state index contributed by atoms with van der Waals surface area (Å²) >= 11 is 0. The molecule has 2 aliphatic heterocycles. The molecule has 0 radical (unpaired) electrons. The number of nitrogens with zero attached hydrogens (tertiary/aromatic N) is 4. The zero-order valence-corrected chi connectivity index (χ0v) is 24.6. The van der Waals surface area contributed by atoms with Crippen LogP contribution < -0.4 is 5.73 Å². The maximum absolute atomic E-state index is 11.7. The van der Waals surface area contributed by atoms with Crippen molar-refractivity contribution in [3.63, 3.8) is 0 Å². The highest BCUT2D eigenvalue weighted by Crippen LogP contribution is 2.12. The third-order valence-corrected chi connectivity index (χ3v) is 7.15. The number of piperazine rings is 2. The van der Waals surface area contributed by atoms with E-state index < -0.39 is 0 Å². The maximum Gasteiger partial charge on any atom is 0.306 e. The van der Waals surface area contributed by atoms with Crippen molar-refractivity contribution in [3.8, 4) is 0 Å². The van der Waals surface area contributed by atoms with E-state index >= 15 is 0 Å². The summed E-state index contributed by atoms with van der Waals surface area (Å²) in [6.07, 6.45) is 1.40. The van der Waals surface area contributed by atoms with E-state index in [1.54, 1.807) is 0 Å². The van der Waals surface area contributed by atoms with Crippen LogP contribution in [0.5, 0.6) is 0 Å². The summed E-state index contributed by atoms with van der Waals surface area (Å²) in [6, 6.07) is 21.3. The number of hydrogen-bond acceptors (Lipinski definition) is 7. The molecular formula is C32H51N5O2. The molecule has 0 aliphatic carbocycles. The second-order valence-electron chi connectivity index (χ2n) is 11.7. The molecule has 7 heteroatoms. The van der Waals surface area contributed by atoms with Gasteiger partial charge in [0, 0.05) is 85.0 Å². The molecular weight excluding hydrogens is 486 g/mol. The average molecular weight is 538 g/mol. The average Bonchev–Trinajstić information content (AvgIpc) is 2.92. The van der Waals surface area contributed by atoms with Gasteiger partial charge >= 0.3 is 5.97 Å². The van der Waals surface area contributed by atoms with Crippen molar-refractivity contribution in [2.75, 3.05) is 72.0 Å². The Hall–Kier alpha value is -2.29. The summed E-state index contributed by atoms with van der Waals surface area (Å²) in [6.45, 7) is 19.7. The van der Waals surface area contributed by atoms with Crippen molar-refractivity contribution in [1.29, 1.82) is 0 Å². The highest BCUT2D eigenvalue weighted by molar-refractivity contribution is 5.69. The Balaban J connectivity index is 0.000000230. The zero-order valence-electron chi connectivity index (χ0n) is 24.6. The number of hydrogen-bond donors (Lipinski definition) is 1. The predicted molar refractivity (Wildman–Crippen MR) is 160 cm³/mol. The second kappa shape index (κ2) is 16.7. The maximum atomic E-state index is 11.7. The number of esters is 1. The molecule has 2 N–H and O–H groups in total. The molecule has 7 nitrogen and oxygen atoms in total. The fourth-order valence-electron chi connectivity index (χ4n) is 5.05. The molecule has 2 aromatic carbocycles. The van der Waals surface area contributed by atoms with Crippen LogP contribution in [0.4, 0.5) is 0 Å². The highest BCUT2D eigenvalue weighted by Gasteiger charge is 2.19. The number of ether oxygens (including phenoxy) is 1. The molecule has 2 aliphatic rings. The van der Waals surface area contributed by atoms with Gasteiger partial charge in [0.2, 0.25) is 0 Å². The molecule has 216 valence electrons. The van der Waals surface area contributed by atoms with Crippen LogP contribution in [0.3, 0.4) is 0 Å². The topological polar surface area (TPSA) is 65.3 Å². The highest BCUT2D eigenvalue weighted by atomic mass is 16.6. The first-order valence-electron chi connectivity index (χ1n) is 14.7. The lowest BCUT2D eigenvalue weighted by molar-refractivity contribution is -0.155. The van der Waals surface area contributed by atoms with Gasteiger partial charge in [-0.2, -0.15) is 0 Å². The van der Waals surface area contributed by atoms with E-state index in [0.29, 0.717) is 6.42 Å². The molecule has 2 fully saturated rings. The van der Waals surface area contributed by atoms with Crippen LogP contribution in [0, 0.1) is 0 Å². The summed E-state index contributed by atoms with van der Waals surface area (Å²) in [5.41, 5.74) is 7.98. The molecule has 0 saturated carbocycles. The summed E-state index contributed by atoms with van der Waals surface area (Å²) in [7, 11) is 0. The third kappa shape index (κ3) is 13.1. The fraction of sp³-hybridized carbons (Fsp3) is 0.594. The lowest BCUT2D eigenvalue weighted by Crippen LogP contribution is -2.47. The van der Waals surface area contributed by atoms with E-state index in [1.807, 2.05) is 20.8 Å². The molecule has 0 bridgehead atoms. The molecule has 0 amide bonds. The van der Waals surface area contributed by atoms with Crippen LogP contribution in [-0.4, -0.2) is 103 Å². The van der Waals surface area contributed by atoms with Crippen molar-refractivity contribution in [2.24, 2.45) is 5.73 Å². The monoisotopic (exact) mass is 537 g/mol. The normalized spacial score (nSPS) is 17.8. The van der Waals surface area contributed by atoms with E-state index in [9.17, 15) is 4.79 Å². The Labute approximate surface area is 236 Å². The minimum Gasteiger partial charge on any atom is -0.460 e. The first-order valence-corrected chi connectivity index (χ1v) is 14.7. The summed E-state index contributed by atoms with van der Waals surface area (Å²) in [5, 5.41) is 0. The van der Waals surface area contributed by atoms with E-state index in [-0.39, 0.29) is 11.6 Å². The first kappa shape index (κ1) is 31.2. The van der Waals surface area contributed by atoms with Crippen LogP contribution in [-0.2, 0) is 22.6 Å². The summed E-state index contributed by atoms with van der Waals surface area (Å²) < 4.78 is 5.34.